The molecule has 0 aromatic heterocycles. The lowest BCUT2D eigenvalue weighted by atomic mass is 9.92. The van der Waals surface area contributed by atoms with E-state index in [-0.39, 0.29) is 24.0 Å². The van der Waals surface area contributed by atoms with Gasteiger partial charge in [-0.25, -0.2) is 0 Å². The first-order valence-electron chi connectivity index (χ1n) is 8.84. The van der Waals surface area contributed by atoms with Crippen molar-refractivity contribution in [3.05, 3.63) is 29.8 Å². The van der Waals surface area contributed by atoms with E-state index in [2.05, 4.69) is 47.3 Å². The van der Waals surface area contributed by atoms with Crippen LogP contribution < -0.4 is 10.1 Å². The summed E-state index contributed by atoms with van der Waals surface area (Å²) in [5.74, 6) is 4.06. The van der Waals surface area contributed by atoms with Crippen LogP contribution in [0, 0.1) is 11.8 Å². The molecule has 2 heterocycles. The number of guanidine groups is 1. The lowest BCUT2D eigenvalue weighted by Gasteiger charge is -2.37. The van der Waals surface area contributed by atoms with E-state index in [1.54, 1.807) is 0 Å². The first kappa shape index (κ1) is 19.3. The summed E-state index contributed by atoms with van der Waals surface area (Å²) in [5.41, 5.74) is 1.32. The SMILES string of the molecule is CN=C(NCC1CCOc2ccccc21)N1CC(C)CC(C)C1.I. The van der Waals surface area contributed by atoms with Crippen molar-refractivity contribution in [3.63, 3.8) is 0 Å². The minimum absolute atomic E-state index is 0. The molecule has 3 rings (SSSR count). The third-order valence-electron chi connectivity index (χ3n) is 4.97. The molecule has 1 aromatic rings. The normalized spacial score (nSPS) is 26.9. The van der Waals surface area contributed by atoms with Gasteiger partial charge in [0.15, 0.2) is 5.96 Å². The molecule has 134 valence electrons. The molecule has 0 bridgehead atoms. The number of piperidine rings is 1. The van der Waals surface area contributed by atoms with Crippen LogP contribution in [0.3, 0.4) is 0 Å². The summed E-state index contributed by atoms with van der Waals surface area (Å²) >= 11 is 0. The second-order valence-electron chi connectivity index (χ2n) is 7.15. The van der Waals surface area contributed by atoms with E-state index in [1.807, 2.05) is 13.1 Å². The Morgan fingerprint density at radius 3 is 2.67 bits per heavy atom. The first-order valence-corrected chi connectivity index (χ1v) is 8.84. The van der Waals surface area contributed by atoms with Gasteiger partial charge in [0.1, 0.15) is 5.75 Å². The number of nitrogens with zero attached hydrogens (tertiary/aromatic N) is 2. The maximum Gasteiger partial charge on any atom is 0.193 e. The monoisotopic (exact) mass is 443 g/mol. The molecule has 2 aliphatic rings. The second-order valence-corrected chi connectivity index (χ2v) is 7.15. The summed E-state index contributed by atoms with van der Waals surface area (Å²) in [6.07, 6.45) is 2.38. The Kier molecular flexibility index (Phi) is 7.19. The van der Waals surface area contributed by atoms with Gasteiger partial charge < -0.3 is 15.0 Å². The molecule has 0 aliphatic carbocycles. The molecule has 2 aliphatic heterocycles. The molecule has 0 saturated carbocycles. The highest BCUT2D eigenvalue weighted by atomic mass is 127. The summed E-state index contributed by atoms with van der Waals surface area (Å²) in [6, 6.07) is 8.41. The lowest BCUT2D eigenvalue weighted by molar-refractivity contribution is 0.207. The molecule has 4 nitrogen and oxygen atoms in total. The number of para-hydroxylation sites is 1. The molecular formula is C19H30IN3O. The van der Waals surface area contributed by atoms with Crippen molar-refractivity contribution >= 4 is 29.9 Å². The van der Waals surface area contributed by atoms with E-state index < -0.39 is 0 Å². The van der Waals surface area contributed by atoms with E-state index in [1.165, 1.54) is 12.0 Å². The summed E-state index contributed by atoms with van der Waals surface area (Å²) in [6.45, 7) is 8.62. The number of aliphatic imine (C=N–C) groups is 1. The minimum Gasteiger partial charge on any atom is -0.493 e. The standard InChI is InChI=1S/C19H29N3O.HI/c1-14-10-15(2)13-22(12-14)19(20-3)21-11-16-8-9-23-18-7-5-4-6-17(16)18;/h4-7,14-16H,8-13H2,1-3H3,(H,20,21);1H. The number of benzene rings is 1. The van der Waals surface area contributed by atoms with Crippen LogP contribution in [0.5, 0.6) is 5.75 Å². The molecule has 5 heteroatoms. The third-order valence-corrected chi connectivity index (χ3v) is 4.97. The van der Waals surface area contributed by atoms with Crippen molar-refractivity contribution in [2.45, 2.75) is 32.6 Å². The van der Waals surface area contributed by atoms with Crippen molar-refractivity contribution in [1.29, 1.82) is 0 Å². The zero-order chi connectivity index (χ0) is 16.2. The highest BCUT2D eigenvalue weighted by Crippen LogP contribution is 2.32. The van der Waals surface area contributed by atoms with Crippen LogP contribution in [0.1, 0.15) is 38.2 Å². The van der Waals surface area contributed by atoms with E-state index in [9.17, 15) is 0 Å². The topological polar surface area (TPSA) is 36.9 Å². The van der Waals surface area contributed by atoms with Crippen LogP contribution in [0.2, 0.25) is 0 Å². The number of hydrogen-bond donors (Lipinski definition) is 1. The highest BCUT2D eigenvalue weighted by molar-refractivity contribution is 14.0. The van der Waals surface area contributed by atoms with Crippen molar-refractivity contribution < 1.29 is 4.74 Å². The molecule has 0 amide bonds. The largest absolute Gasteiger partial charge is 0.493 e. The van der Waals surface area contributed by atoms with Gasteiger partial charge in [-0.2, -0.15) is 0 Å². The fraction of sp³-hybridized carbons (Fsp3) is 0.632. The Bertz CT molecular complexity index is 553. The van der Waals surface area contributed by atoms with Crippen LogP contribution in [0.15, 0.2) is 29.3 Å². The van der Waals surface area contributed by atoms with Gasteiger partial charge in [-0.1, -0.05) is 32.0 Å². The number of likely N-dealkylation sites (tertiary alicyclic amines) is 1. The number of rotatable bonds is 2. The van der Waals surface area contributed by atoms with Crippen molar-refractivity contribution in [2.24, 2.45) is 16.8 Å². The molecule has 1 saturated heterocycles. The van der Waals surface area contributed by atoms with Gasteiger partial charge in [0, 0.05) is 32.6 Å². The van der Waals surface area contributed by atoms with Crippen LogP contribution in [0.25, 0.3) is 0 Å². The number of fused-ring (bicyclic) bond motifs is 1. The zero-order valence-electron chi connectivity index (χ0n) is 15.0. The lowest BCUT2D eigenvalue weighted by Crippen LogP contribution is -2.49. The predicted octanol–water partition coefficient (Wildman–Crippen LogP) is 3.72. The van der Waals surface area contributed by atoms with Gasteiger partial charge in [-0.3, -0.25) is 4.99 Å². The van der Waals surface area contributed by atoms with Gasteiger partial charge in [0.25, 0.3) is 0 Å². The number of ether oxygens (including phenoxy) is 1. The molecular weight excluding hydrogens is 413 g/mol. The fourth-order valence-corrected chi connectivity index (χ4v) is 4.01. The van der Waals surface area contributed by atoms with Gasteiger partial charge in [-0.15, -0.1) is 24.0 Å². The van der Waals surface area contributed by atoms with E-state index in [0.717, 1.165) is 56.2 Å². The van der Waals surface area contributed by atoms with Crippen LogP contribution in [0.4, 0.5) is 0 Å². The zero-order valence-corrected chi connectivity index (χ0v) is 17.3. The fourth-order valence-electron chi connectivity index (χ4n) is 4.01. The first-order chi connectivity index (χ1) is 11.2. The average Bonchev–Trinajstić information content (AvgIpc) is 2.54. The number of hydrogen-bond acceptors (Lipinski definition) is 2. The Morgan fingerprint density at radius 2 is 1.96 bits per heavy atom. The van der Waals surface area contributed by atoms with Crippen LogP contribution in [-0.4, -0.2) is 44.1 Å². The Labute approximate surface area is 163 Å². The maximum absolute atomic E-state index is 5.76. The summed E-state index contributed by atoms with van der Waals surface area (Å²) in [7, 11) is 1.89. The molecule has 1 N–H and O–H groups in total. The molecule has 0 spiro atoms. The second kappa shape index (κ2) is 8.92. The van der Waals surface area contributed by atoms with Crippen LogP contribution >= 0.6 is 24.0 Å². The van der Waals surface area contributed by atoms with Gasteiger partial charge in [0.2, 0.25) is 0 Å². The summed E-state index contributed by atoms with van der Waals surface area (Å²) in [5, 5.41) is 3.61. The molecule has 1 fully saturated rings. The molecule has 3 unspecified atom stereocenters. The predicted molar refractivity (Wildman–Crippen MR) is 111 cm³/mol. The van der Waals surface area contributed by atoms with E-state index >= 15 is 0 Å². The van der Waals surface area contributed by atoms with E-state index in [4.69, 9.17) is 4.74 Å². The number of nitrogens with one attached hydrogen (secondary N) is 1. The molecule has 3 atom stereocenters. The molecule has 24 heavy (non-hydrogen) atoms. The number of halogens is 1. The Morgan fingerprint density at radius 1 is 1.25 bits per heavy atom. The minimum atomic E-state index is 0. The van der Waals surface area contributed by atoms with Gasteiger partial charge in [0.05, 0.1) is 6.61 Å². The van der Waals surface area contributed by atoms with Crippen molar-refractivity contribution in [3.8, 4) is 5.75 Å². The highest BCUT2D eigenvalue weighted by Gasteiger charge is 2.26. The molecule has 1 aromatic carbocycles. The quantitative estimate of drug-likeness (QED) is 0.430. The van der Waals surface area contributed by atoms with Gasteiger partial charge in [-0.05, 0) is 36.3 Å². The average molecular weight is 443 g/mol. The van der Waals surface area contributed by atoms with Crippen LogP contribution in [-0.2, 0) is 0 Å². The van der Waals surface area contributed by atoms with E-state index in [0.29, 0.717) is 5.92 Å². The Hall–Kier alpha value is -0.980. The smallest absolute Gasteiger partial charge is 0.193 e. The van der Waals surface area contributed by atoms with Crippen molar-refractivity contribution in [2.75, 3.05) is 33.3 Å². The van der Waals surface area contributed by atoms with Crippen molar-refractivity contribution in [1.82, 2.24) is 10.2 Å². The summed E-state index contributed by atoms with van der Waals surface area (Å²) < 4.78 is 5.76. The molecule has 0 radical (unpaired) electrons. The van der Waals surface area contributed by atoms with Gasteiger partial charge >= 0.3 is 0 Å². The third kappa shape index (κ3) is 4.55. The summed E-state index contributed by atoms with van der Waals surface area (Å²) in [4.78, 5) is 6.94. The Balaban J connectivity index is 0.00000208. The maximum atomic E-state index is 5.76.